The first-order valence-corrected chi connectivity index (χ1v) is 5.78. The minimum Gasteiger partial charge on any atom is -0.490 e. The lowest BCUT2D eigenvalue weighted by Crippen LogP contribution is -2.28. The Hall–Kier alpha value is -0.980. The molecule has 1 aromatic rings. The quantitative estimate of drug-likeness (QED) is 0.709. The van der Waals surface area contributed by atoms with Crippen LogP contribution in [-0.4, -0.2) is 6.10 Å². The Morgan fingerprint density at radius 2 is 1.80 bits per heavy atom. The van der Waals surface area contributed by atoms with Crippen molar-refractivity contribution in [2.45, 2.75) is 45.6 Å². The molecule has 0 heterocycles. The van der Waals surface area contributed by atoms with Gasteiger partial charge in [0.25, 0.3) is 0 Å². The maximum Gasteiger partial charge on any atom is 0.119 e. The zero-order valence-corrected chi connectivity index (χ0v) is 9.62. The van der Waals surface area contributed by atoms with E-state index in [1.165, 1.54) is 25.7 Å². The first-order chi connectivity index (χ1) is 7.16. The molecular weight excluding hydrogens is 184 g/mol. The zero-order chi connectivity index (χ0) is 10.7. The summed E-state index contributed by atoms with van der Waals surface area (Å²) in [5.41, 5.74) is 0.518. The van der Waals surface area contributed by atoms with Gasteiger partial charge in [-0.2, -0.15) is 0 Å². The Balaban J connectivity index is 1.88. The summed E-state index contributed by atoms with van der Waals surface area (Å²) >= 11 is 0. The molecule has 0 N–H and O–H groups in total. The Bertz CT molecular complexity index is 292. The second-order valence-electron chi connectivity index (χ2n) is 5.22. The smallest absolute Gasteiger partial charge is 0.119 e. The summed E-state index contributed by atoms with van der Waals surface area (Å²) in [4.78, 5) is 0. The third kappa shape index (κ3) is 2.98. The van der Waals surface area contributed by atoms with Crippen molar-refractivity contribution in [3.05, 3.63) is 30.3 Å². The highest BCUT2D eigenvalue weighted by Crippen LogP contribution is 2.36. The molecule has 0 bridgehead atoms. The van der Waals surface area contributed by atoms with Crippen LogP contribution in [0.5, 0.6) is 5.75 Å². The zero-order valence-electron chi connectivity index (χ0n) is 9.62. The second-order valence-corrected chi connectivity index (χ2v) is 5.22. The minimum absolute atomic E-state index is 0.417. The molecular formula is C14H19O. The molecule has 1 nitrogen and oxygen atoms in total. The lowest BCUT2D eigenvalue weighted by atomic mass is 9.76. The third-order valence-corrected chi connectivity index (χ3v) is 3.28. The van der Waals surface area contributed by atoms with E-state index in [2.05, 4.69) is 19.9 Å². The molecule has 1 saturated carbocycles. The van der Waals surface area contributed by atoms with E-state index in [0.29, 0.717) is 11.5 Å². The maximum atomic E-state index is 5.93. The van der Waals surface area contributed by atoms with Gasteiger partial charge in [-0.1, -0.05) is 26.0 Å². The summed E-state index contributed by atoms with van der Waals surface area (Å²) in [5, 5.41) is 0. The van der Waals surface area contributed by atoms with Crippen LogP contribution in [0.2, 0.25) is 0 Å². The summed E-state index contributed by atoms with van der Waals surface area (Å²) < 4.78 is 5.93. The molecule has 0 saturated heterocycles. The Kier molecular flexibility index (Phi) is 2.99. The SMILES string of the molecule is CC1(C)CCC(Oc2cc[c]cc2)CC1. The van der Waals surface area contributed by atoms with Crippen LogP contribution in [0.15, 0.2) is 24.3 Å². The van der Waals surface area contributed by atoms with E-state index in [9.17, 15) is 0 Å². The van der Waals surface area contributed by atoms with Crippen LogP contribution in [-0.2, 0) is 0 Å². The van der Waals surface area contributed by atoms with Gasteiger partial charge in [-0.3, -0.25) is 0 Å². The van der Waals surface area contributed by atoms with Crippen molar-refractivity contribution in [1.29, 1.82) is 0 Å². The lowest BCUT2D eigenvalue weighted by Gasteiger charge is -2.34. The molecule has 0 spiro atoms. The number of hydrogen-bond acceptors (Lipinski definition) is 1. The van der Waals surface area contributed by atoms with Gasteiger partial charge in [0.2, 0.25) is 0 Å². The van der Waals surface area contributed by atoms with Gasteiger partial charge in [0.1, 0.15) is 5.75 Å². The molecule has 1 radical (unpaired) electrons. The van der Waals surface area contributed by atoms with E-state index in [1.807, 2.05) is 24.3 Å². The van der Waals surface area contributed by atoms with Gasteiger partial charge in [-0.15, -0.1) is 0 Å². The normalized spacial score (nSPS) is 21.2. The predicted octanol–water partition coefficient (Wildman–Crippen LogP) is 3.83. The Morgan fingerprint density at radius 3 is 2.40 bits per heavy atom. The average Bonchev–Trinajstić information content (AvgIpc) is 2.23. The van der Waals surface area contributed by atoms with Gasteiger partial charge in [0, 0.05) is 0 Å². The van der Waals surface area contributed by atoms with Gasteiger partial charge in [0.05, 0.1) is 6.10 Å². The predicted molar refractivity (Wildman–Crippen MR) is 61.9 cm³/mol. The van der Waals surface area contributed by atoms with Gasteiger partial charge in [-0.05, 0) is 49.3 Å². The summed E-state index contributed by atoms with van der Waals surface area (Å²) in [6.45, 7) is 4.70. The maximum absolute atomic E-state index is 5.93. The summed E-state index contributed by atoms with van der Waals surface area (Å²) in [6.07, 6.45) is 5.34. The van der Waals surface area contributed by atoms with Gasteiger partial charge < -0.3 is 4.74 Å². The highest BCUT2D eigenvalue weighted by Gasteiger charge is 2.27. The van der Waals surface area contributed by atoms with Crippen LogP contribution in [0, 0.1) is 11.5 Å². The molecule has 0 amide bonds. The molecule has 0 aliphatic heterocycles. The first-order valence-electron chi connectivity index (χ1n) is 5.78. The topological polar surface area (TPSA) is 9.23 Å². The summed E-state index contributed by atoms with van der Waals surface area (Å²) in [5.74, 6) is 0.985. The van der Waals surface area contributed by atoms with Crippen molar-refractivity contribution < 1.29 is 4.74 Å². The van der Waals surface area contributed by atoms with Crippen LogP contribution >= 0.6 is 0 Å². The van der Waals surface area contributed by atoms with E-state index in [-0.39, 0.29) is 0 Å². The van der Waals surface area contributed by atoms with Crippen molar-refractivity contribution in [1.82, 2.24) is 0 Å². The molecule has 0 aromatic heterocycles. The fourth-order valence-electron chi connectivity index (χ4n) is 2.13. The van der Waals surface area contributed by atoms with E-state index in [1.54, 1.807) is 0 Å². The monoisotopic (exact) mass is 203 g/mol. The largest absolute Gasteiger partial charge is 0.490 e. The molecule has 0 atom stereocenters. The average molecular weight is 203 g/mol. The highest BCUT2D eigenvalue weighted by atomic mass is 16.5. The third-order valence-electron chi connectivity index (χ3n) is 3.28. The number of benzene rings is 1. The standard InChI is InChI=1S/C14H19O/c1-14(2)10-8-13(9-11-14)15-12-6-4-3-5-7-12/h4-7,13H,8-11H2,1-2H3. The van der Waals surface area contributed by atoms with Crippen LogP contribution in [0.25, 0.3) is 0 Å². The molecule has 0 unspecified atom stereocenters. The molecule has 1 aliphatic carbocycles. The number of rotatable bonds is 2. The lowest BCUT2D eigenvalue weighted by molar-refractivity contribution is 0.0988. The van der Waals surface area contributed by atoms with Gasteiger partial charge >= 0.3 is 0 Å². The Morgan fingerprint density at radius 1 is 1.20 bits per heavy atom. The van der Waals surface area contributed by atoms with Crippen molar-refractivity contribution in [3.8, 4) is 5.75 Å². The van der Waals surface area contributed by atoms with Crippen molar-refractivity contribution in [3.63, 3.8) is 0 Å². The molecule has 2 rings (SSSR count). The molecule has 1 aromatic carbocycles. The molecule has 15 heavy (non-hydrogen) atoms. The fourth-order valence-corrected chi connectivity index (χ4v) is 2.13. The second kappa shape index (κ2) is 4.26. The molecule has 81 valence electrons. The van der Waals surface area contributed by atoms with Crippen LogP contribution < -0.4 is 4.74 Å². The van der Waals surface area contributed by atoms with Gasteiger partial charge in [-0.25, -0.2) is 0 Å². The van der Waals surface area contributed by atoms with E-state index >= 15 is 0 Å². The Labute approximate surface area is 92.5 Å². The van der Waals surface area contributed by atoms with Crippen LogP contribution in [0.4, 0.5) is 0 Å². The molecule has 1 fully saturated rings. The van der Waals surface area contributed by atoms with Crippen LogP contribution in [0.3, 0.4) is 0 Å². The number of ether oxygens (including phenoxy) is 1. The van der Waals surface area contributed by atoms with Crippen molar-refractivity contribution >= 4 is 0 Å². The minimum atomic E-state index is 0.417. The first kappa shape index (κ1) is 10.5. The number of hydrogen-bond donors (Lipinski definition) is 0. The summed E-state index contributed by atoms with van der Waals surface area (Å²) in [7, 11) is 0. The van der Waals surface area contributed by atoms with Crippen molar-refractivity contribution in [2.24, 2.45) is 5.41 Å². The molecule has 1 heteroatoms. The van der Waals surface area contributed by atoms with Crippen molar-refractivity contribution in [2.75, 3.05) is 0 Å². The van der Waals surface area contributed by atoms with Crippen LogP contribution in [0.1, 0.15) is 39.5 Å². The fraction of sp³-hybridized carbons (Fsp3) is 0.571. The highest BCUT2D eigenvalue weighted by molar-refractivity contribution is 5.20. The summed E-state index contributed by atoms with van der Waals surface area (Å²) in [6, 6.07) is 10.8. The van der Waals surface area contributed by atoms with E-state index in [0.717, 1.165) is 5.75 Å². The van der Waals surface area contributed by atoms with E-state index in [4.69, 9.17) is 4.74 Å². The molecule has 1 aliphatic rings. The van der Waals surface area contributed by atoms with E-state index < -0.39 is 0 Å². The van der Waals surface area contributed by atoms with Gasteiger partial charge in [0.15, 0.2) is 0 Å².